The molecule has 0 aliphatic rings. The van der Waals surface area contributed by atoms with Crippen LogP contribution in [0, 0.1) is 5.92 Å². The Morgan fingerprint density at radius 1 is 0.484 bits per heavy atom. The van der Waals surface area contributed by atoms with E-state index in [1.807, 2.05) is 0 Å². The Bertz CT molecular complexity index is 353. The standard InChI is InChI=1S/C29H58O2/c1-3-5-7-9-11-13-15-16-18-20-22-24-26-28(27-29(30)31)25-23-21-19-17-14-12-10-8-6-4-2/h28H,3-27H2,1-2H3,(H,30,31)/p-1. The Morgan fingerprint density at radius 3 is 1.00 bits per heavy atom. The summed E-state index contributed by atoms with van der Waals surface area (Å²) in [5.74, 6) is -0.502. The zero-order valence-electron chi connectivity index (χ0n) is 21.6. The number of hydrogen-bond donors (Lipinski definition) is 0. The predicted octanol–water partition coefficient (Wildman–Crippen LogP) is 9.14. The summed E-state index contributed by atoms with van der Waals surface area (Å²) in [6.07, 6.45) is 32.3. The van der Waals surface area contributed by atoms with Crippen molar-refractivity contribution >= 4 is 5.97 Å². The summed E-state index contributed by atoms with van der Waals surface area (Å²) in [7, 11) is 0. The van der Waals surface area contributed by atoms with Crippen molar-refractivity contribution in [1.82, 2.24) is 0 Å². The van der Waals surface area contributed by atoms with E-state index in [-0.39, 0.29) is 6.42 Å². The van der Waals surface area contributed by atoms with Gasteiger partial charge in [0.05, 0.1) is 0 Å². The average molecular weight is 438 g/mol. The van der Waals surface area contributed by atoms with Gasteiger partial charge in [0, 0.05) is 5.97 Å². The lowest BCUT2D eigenvalue weighted by Gasteiger charge is -2.17. The van der Waals surface area contributed by atoms with Crippen LogP contribution in [0.2, 0.25) is 0 Å². The largest absolute Gasteiger partial charge is 0.550 e. The third-order valence-electron chi connectivity index (χ3n) is 6.89. The van der Waals surface area contributed by atoms with Gasteiger partial charge < -0.3 is 9.90 Å². The number of carboxylic acid groups (broad SMARTS) is 1. The van der Waals surface area contributed by atoms with Crippen LogP contribution in [0.3, 0.4) is 0 Å². The minimum absolute atomic E-state index is 0.273. The Hall–Kier alpha value is -0.530. The van der Waals surface area contributed by atoms with E-state index in [0.717, 1.165) is 12.8 Å². The maximum atomic E-state index is 11.1. The summed E-state index contributed by atoms with van der Waals surface area (Å²) in [6, 6.07) is 0. The molecule has 0 aliphatic carbocycles. The Kier molecular flexibility index (Phi) is 25.3. The van der Waals surface area contributed by atoms with Crippen LogP contribution in [-0.2, 0) is 4.79 Å². The quantitative estimate of drug-likeness (QED) is 0.127. The summed E-state index contributed by atoms with van der Waals surface area (Å²) in [5, 5.41) is 11.1. The topological polar surface area (TPSA) is 40.1 Å². The first-order valence-corrected chi connectivity index (χ1v) is 14.4. The number of carbonyl (C=O) groups is 1. The minimum Gasteiger partial charge on any atom is -0.550 e. The molecule has 0 heterocycles. The number of carboxylic acids is 1. The van der Waals surface area contributed by atoms with Crippen LogP contribution in [0.25, 0.3) is 0 Å². The fourth-order valence-electron chi connectivity index (χ4n) is 4.78. The summed E-state index contributed by atoms with van der Waals surface area (Å²) in [5.41, 5.74) is 0. The molecule has 0 aromatic heterocycles. The van der Waals surface area contributed by atoms with E-state index in [2.05, 4.69) is 13.8 Å². The van der Waals surface area contributed by atoms with E-state index < -0.39 is 5.97 Å². The van der Waals surface area contributed by atoms with Crippen molar-refractivity contribution in [3.8, 4) is 0 Å². The molecule has 0 aromatic carbocycles. The second-order valence-electron chi connectivity index (χ2n) is 10.1. The van der Waals surface area contributed by atoms with E-state index in [4.69, 9.17) is 0 Å². The molecule has 186 valence electrons. The Labute approximate surface area is 196 Å². The van der Waals surface area contributed by atoms with Crippen molar-refractivity contribution in [1.29, 1.82) is 0 Å². The maximum Gasteiger partial charge on any atom is 0.0417 e. The van der Waals surface area contributed by atoms with Gasteiger partial charge in [-0.25, -0.2) is 0 Å². The van der Waals surface area contributed by atoms with Gasteiger partial charge in [0.1, 0.15) is 0 Å². The smallest absolute Gasteiger partial charge is 0.0417 e. The predicted molar refractivity (Wildman–Crippen MR) is 135 cm³/mol. The molecule has 1 unspecified atom stereocenters. The molecule has 0 fully saturated rings. The molecule has 0 spiro atoms. The highest BCUT2D eigenvalue weighted by Gasteiger charge is 2.09. The van der Waals surface area contributed by atoms with Crippen LogP contribution in [-0.4, -0.2) is 5.97 Å². The summed E-state index contributed by atoms with van der Waals surface area (Å²) in [4.78, 5) is 11.1. The summed E-state index contributed by atoms with van der Waals surface area (Å²) < 4.78 is 0. The molecule has 1 atom stereocenters. The lowest BCUT2D eigenvalue weighted by molar-refractivity contribution is -0.306. The molecule has 0 bridgehead atoms. The molecule has 31 heavy (non-hydrogen) atoms. The molecule has 2 heteroatoms. The first-order valence-electron chi connectivity index (χ1n) is 14.4. The van der Waals surface area contributed by atoms with Crippen molar-refractivity contribution < 1.29 is 9.90 Å². The maximum absolute atomic E-state index is 11.1. The normalized spacial score (nSPS) is 12.3. The number of hydrogen-bond acceptors (Lipinski definition) is 2. The molecule has 0 N–H and O–H groups in total. The van der Waals surface area contributed by atoms with Crippen LogP contribution in [0.5, 0.6) is 0 Å². The van der Waals surface area contributed by atoms with Gasteiger partial charge in [-0.15, -0.1) is 0 Å². The number of unbranched alkanes of at least 4 members (excludes halogenated alkanes) is 20. The van der Waals surface area contributed by atoms with Crippen LogP contribution in [0.4, 0.5) is 0 Å². The van der Waals surface area contributed by atoms with Crippen molar-refractivity contribution in [2.24, 2.45) is 5.92 Å². The molecular formula is C29H57O2-. The highest BCUT2D eigenvalue weighted by Crippen LogP contribution is 2.22. The highest BCUT2D eigenvalue weighted by atomic mass is 16.4. The summed E-state index contributed by atoms with van der Waals surface area (Å²) >= 11 is 0. The van der Waals surface area contributed by atoms with Gasteiger partial charge >= 0.3 is 0 Å². The monoisotopic (exact) mass is 437 g/mol. The van der Waals surface area contributed by atoms with Crippen molar-refractivity contribution in [2.75, 3.05) is 0 Å². The fourth-order valence-corrected chi connectivity index (χ4v) is 4.78. The minimum atomic E-state index is -0.851. The highest BCUT2D eigenvalue weighted by molar-refractivity contribution is 5.64. The molecule has 0 radical (unpaired) electrons. The van der Waals surface area contributed by atoms with Gasteiger partial charge in [-0.2, -0.15) is 0 Å². The SMILES string of the molecule is CCCCCCCCCCCCCCC(CCCCCCCCCCCC)CC(=O)[O-]. The van der Waals surface area contributed by atoms with Gasteiger partial charge in [-0.05, 0) is 12.3 Å². The van der Waals surface area contributed by atoms with Gasteiger partial charge in [0.2, 0.25) is 0 Å². The van der Waals surface area contributed by atoms with Gasteiger partial charge in [-0.1, -0.05) is 168 Å². The Balaban J connectivity index is 3.53. The Morgan fingerprint density at radius 2 is 0.742 bits per heavy atom. The molecule has 0 saturated carbocycles. The van der Waals surface area contributed by atoms with E-state index in [1.165, 1.54) is 141 Å². The molecule has 0 aromatic rings. The van der Waals surface area contributed by atoms with E-state index in [1.54, 1.807) is 0 Å². The zero-order valence-corrected chi connectivity index (χ0v) is 21.6. The van der Waals surface area contributed by atoms with Crippen molar-refractivity contribution in [2.45, 2.75) is 174 Å². The van der Waals surface area contributed by atoms with E-state index in [9.17, 15) is 9.90 Å². The summed E-state index contributed by atoms with van der Waals surface area (Å²) in [6.45, 7) is 4.55. The van der Waals surface area contributed by atoms with Gasteiger partial charge in [0.15, 0.2) is 0 Å². The second-order valence-corrected chi connectivity index (χ2v) is 10.1. The van der Waals surface area contributed by atoms with Crippen LogP contribution < -0.4 is 5.11 Å². The molecule has 0 aliphatic heterocycles. The third kappa shape index (κ3) is 25.6. The molecular weight excluding hydrogens is 380 g/mol. The van der Waals surface area contributed by atoms with Crippen molar-refractivity contribution in [3.05, 3.63) is 0 Å². The molecule has 0 saturated heterocycles. The van der Waals surface area contributed by atoms with Crippen LogP contribution in [0.1, 0.15) is 174 Å². The van der Waals surface area contributed by atoms with Gasteiger partial charge in [0.25, 0.3) is 0 Å². The first-order chi connectivity index (χ1) is 15.2. The zero-order chi connectivity index (χ0) is 22.8. The second kappa shape index (κ2) is 25.7. The van der Waals surface area contributed by atoms with Crippen LogP contribution >= 0.6 is 0 Å². The van der Waals surface area contributed by atoms with Crippen LogP contribution in [0.15, 0.2) is 0 Å². The number of rotatable bonds is 26. The van der Waals surface area contributed by atoms with E-state index >= 15 is 0 Å². The molecule has 2 nitrogen and oxygen atoms in total. The molecule has 0 rings (SSSR count). The third-order valence-corrected chi connectivity index (χ3v) is 6.89. The van der Waals surface area contributed by atoms with Gasteiger partial charge in [-0.3, -0.25) is 0 Å². The average Bonchev–Trinajstić information content (AvgIpc) is 2.75. The lowest BCUT2D eigenvalue weighted by Crippen LogP contribution is -2.25. The molecule has 0 amide bonds. The lowest BCUT2D eigenvalue weighted by atomic mass is 9.91. The van der Waals surface area contributed by atoms with Crippen molar-refractivity contribution in [3.63, 3.8) is 0 Å². The van der Waals surface area contributed by atoms with E-state index in [0.29, 0.717) is 5.92 Å². The number of aliphatic carboxylic acids is 1. The fraction of sp³-hybridized carbons (Fsp3) is 0.966. The first kappa shape index (κ1) is 30.5. The number of carbonyl (C=O) groups excluding carboxylic acids is 1.